The highest BCUT2D eigenvalue weighted by atomic mass is 79.9. The number of rotatable bonds is 2. The van der Waals surface area contributed by atoms with E-state index in [9.17, 15) is 4.39 Å². The van der Waals surface area contributed by atoms with Crippen molar-refractivity contribution in [2.24, 2.45) is 0 Å². The van der Waals surface area contributed by atoms with Gasteiger partial charge < -0.3 is 4.42 Å². The van der Waals surface area contributed by atoms with E-state index in [1.807, 2.05) is 0 Å². The van der Waals surface area contributed by atoms with Gasteiger partial charge in [-0.2, -0.15) is 9.61 Å². The van der Waals surface area contributed by atoms with E-state index < -0.39 is 0 Å². The van der Waals surface area contributed by atoms with Gasteiger partial charge >= 0.3 is 0 Å². The number of nitrogens with zero attached hydrogens (tertiary/aromatic N) is 4. The van der Waals surface area contributed by atoms with Crippen molar-refractivity contribution in [2.75, 3.05) is 0 Å². The van der Waals surface area contributed by atoms with Crippen LogP contribution in [0.15, 0.2) is 45.5 Å². The fourth-order valence-corrected chi connectivity index (χ4v) is 3.16. The molecule has 0 bridgehead atoms. The normalized spacial score (nSPS) is 11.3. The van der Waals surface area contributed by atoms with Gasteiger partial charge in [0.25, 0.3) is 0 Å². The molecular formula is C13H6BrFN4OS. The van der Waals surface area contributed by atoms with Crippen LogP contribution in [0.5, 0.6) is 0 Å². The molecule has 4 aromatic rings. The lowest BCUT2D eigenvalue weighted by Gasteiger charge is -1.98. The summed E-state index contributed by atoms with van der Waals surface area (Å²) in [6.45, 7) is 0. The zero-order valence-corrected chi connectivity index (χ0v) is 12.7. The molecule has 0 radical (unpaired) electrons. The zero-order valence-electron chi connectivity index (χ0n) is 10.3. The molecule has 3 aromatic heterocycles. The Morgan fingerprint density at radius 2 is 2.14 bits per heavy atom. The third-order valence-corrected chi connectivity index (χ3v) is 4.32. The van der Waals surface area contributed by atoms with Gasteiger partial charge in [0.15, 0.2) is 10.8 Å². The van der Waals surface area contributed by atoms with Crippen LogP contribution >= 0.6 is 27.3 Å². The van der Waals surface area contributed by atoms with Crippen LogP contribution in [0.1, 0.15) is 0 Å². The summed E-state index contributed by atoms with van der Waals surface area (Å²) in [6, 6.07) is 8.27. The number of furan rings is 1. The van der Waals surface area contributed by atoms with Crippen molar-refractivity contribution < 1.29 is 8.81 Å². The van der Waals surface area contributed by atoms with Crippen LogP contribution in [-0.2, 0) is 0 Å². The molecule has 0 N–H and O–H groups in total. The number of hydrogen-bond donors (Lipinski definition) is 0. The molecule has 1 aromatic carbocycles. The second-order valence-corrected chi connectivity index (χ2v) is 6.10. The molecule has 0 saturated heterocycles. The minimum Gasteiger partial charge on any atom is -0.461 e. The highest BCUT2D eigenvalue weighted by Gasteiger charge is 2.17. The molecule has 0 fully saturated rings. The molecule has 0 atom stereocenters. The minimum absolute atomic E-state index is 0.331. The van der Waals surface area contributed by atoms with E-state index in [-0.39, 0.29) is 5.82 Å². The molecular weight excluding hydrogens is 359 g/mol. The lowest BCUT2D eigenvalue weighted by molar-refractivity contribution is 0.575. The second-order valence-electron chi connectivity index (χ2n) is 4.23. The van der Waals surface area contributed by atoms with E-state index >= 15 is 0 Å². The Bertz CT molecular complexity index is 931. The molecule has 0 aliphatic heterocycles. The average molecular weight is 365 g/mol. The van der Waals surface area contributed by atoms with Crippen LogP contribution in [-0.4, -0.2) is 19.8 Å². The summed E-state index contributed by atoms with van der Waals surface area (Å²) in [5.41, 5.74) is 0.422. The highest BCUT2D eigenvalue weighted by molar-refractivity contribution is 9.10. The van der Waals surface area contributed by atoms with Crippen LogP contribution in [0, 0.1) is 5.82 Å². The van der Waals surface area contributed by atoms with Gasteiger partial charge in [0.05, 0.1) is 6.26 Å². The SMILES string of the molecule is Fc1ccc(Br)cc1-c1nn2c(-c3ccco3)nnc2s1. The summed E-state index contributed by atoms with van der Waals surface area (Å²) < 4.78 is 21.6. The van der Waals surface area contributed by atoms with Gasteiger partial charge in [-0.05, 0) is 30.3 Å². The molecule has 0 spiro atoms. The van der Waals surface area contributed by atoms with Crippen LogP contribution < -0.4 is 0 Å². The van der Waals surface area contributed by atoms with Crippen LogP contribution in [0.3, 0.4) is 0 Å². The molecule has 3 heterocycles. The van der Waals surface area contributed by atoms with Crippen molar-refractivity contribution in [3.63, 3.8) is 0 Å². The first-order chi connectivity index (χ1) is 10.2. The van der Waals surface area contributed by atoms with E-state index in [1.165, 1.54) is 17.4 Å². The lowest BCUT2D eigenvalue weighted by atomic mass is 10.2. The van der Waals surface area contributed by atoms with Crippen molar-refractivity contribution in [3.05, 3.63) is 46.9 Å². The smallest absolute Gasteiger partial charge is 0.235 e. The fraction of sp³-hybridized carbons (Fsp3) is 0. The van der Waals surface area contributed by atoms with Gasteiger partial charge in [-0.25, -0.2) is 4.39 Å². The maximum Gasteiger partial charge on any atom is 0.235 e. The van der Waals surface area contributed by atoms with E-state index in [2.05, 4.69) is 31.2 Å². The number of benzene rings is 1. The molecule has 0 unspecified atom stereocenters. The quantitative estimate of drug-likeness (QED) is 0.539. The van der Waals surface area contributed by atoms with Crippen LogP contribution in [0.2, 0.25) is 0 Å². The Balaban J connectivity index is 1.90. The molecule has 104 valence electrons. The van der Waals surface area contributed by atoms with Crippen molar-refractivity contribution in [1.82, 2.24) is 19.8 Å². The van der Waals surface area contributed by atoms with Gasteiger partial charge in [0.2, 0.25) is 10.8 Å². The van der Waals surface area contributed by atoms with E-state index in [4.69, 9.17) is 4.42 Å². The van der Waals surface area contributed by atoms with Crippen LogP contribution in [0.25, 0.3) is 27.1 Å². The topological polar surface area (TPSA) is 56.2 Å². The van der Waals surface area contributed by atoms with Gasteiger partial charge in [0.1, 0.15) is 5.82 Å². The maximum absolute atomic E-state index is 13.9. The number of aromatic nitrogens is 4. The molecule has 0 amide bonds. The average Bonchev–Trinajstić information content (AvgIpc) is 3.15. The van der Waals surface area contributed by atoms with Crippen LogP contribution in [0.4, 0.5) is 4.39 Å². The summed E-state index contributed by atoms with van der Waals surface area (Å²) >= 11 is 4.60. The van der Waals surface area contributed by atoms with E-state index in [0.29, 0.717) is 27.1 Å². The first kappa shape index (κ1) is 12.7. The highest BCUT2D eigenvalue weighted by Crippen LogP contribution is 2.31. The summed E-state index contributed by atoms with van der Waals surface area (Å²) in [5.74, 6) is 0.727. The second kappa shape index (κ2) is 4.74. The third kappa shape index (κ3) is 2.07. The third-order valence-electron chi connectivity index (χ3n) is 2.89. The summed E-state index contributed by atoms with van der Waals surface area (Å²) in [6.07, 6.45) is 1.55. The van der Waals surface area contributed by atoms with Gasteiger partial charge in [-0.1, -0.05) is 27.3 Å². The Hall–Kier alpha value is -2.06. The molecule has 0 aliphatic carbocycles. The Morgan fingerprint density at radius 1 is 1.24 bits per heavy atom. The van der Waals surface area contributed by atoms with E-state index in [0.717, 1.165) is 4.47 Å². The maximum atomic E-state index is 13.9. The zero-order chi connectivity index (χ0) is 14.4. The Morgan fingerprint density at radius 3 is 2.95 bits per heavy atom. The minimum atomic E-state index is -0.331. The summed E-state index contributed by atoms with van der Waals surface area (Å²) in [5, 5.41) is 13.0. The molecule has 0 saturated carbocycles. The monoisotopic (exact) mass is 364 g/mol. The predicted octanol–water partition coefficient (Wildman–Crippen LogP) is 4.01. The largest absolute Gasteiger partial charge is 0.461 e. The van der Waals surface area contributed by atoms with Crippen molar-refractivity contribution in [3.8, 4) is 22.2 Å². The van der Waals surface area contributed by atoms with Gasteiger partial charge in [-0.3, -0.25) is 0 Å². The van der Waals surface area contributed by atoms with Crippen molar-refractivity contribution >= 4 is 32.2 Å². The molecule has 5 nitrogen and oxygen atoms in total. The van der Waals surface area contributed by atoms with Gasteiger partial charge in [0, 0.05) is 10.0 Å². The van der Waals surface area contributed by atoms with Crippen molar-refractivity contribution in [2.45, 2.75) is 0 Å². The number of fused-ring (bicyclic) bond motifs is 1. The summed E-state index contributed by atoms with van der Waals surface area (Å²) in [7, 11) is 0. The molecule has 8 heteroatoms. The van der Waals surface area contributed by atoms with E-state index in [1.54, 1.807) is 35.0 Å². The standard InChI is InChI=1S/C13H6BrFN4OS/c14-7-3-4-9(15)8(6-7)12-18-19-11(10-2-1-5-20-10)16-17-13(19)21-12/h1-6H. The lowest BCUT2D eigenvalue weighted by Crippen LogP contribution is -1.90. The summed E-state index contributed by atoms with van der Waals surface area (Å²) in [4.78, 5) is 0.579. The molecule has 4 rings (SSSR count). The molecule has 0 aliphatic rings. The fourth-order valence-electron chi connectivity index (χ4n) is 1.95. The Labute approximate surface area is 130 Å². The molecule has 21 heavy (non-hydrogen) atoms. The first-order valence-corrected chi connectivity index (χ1v) is 7.55. The predicted molar refractivity (Wildman–Crippen MR) is 79.5 cm³/mol. The van der Waals surface area contributed by atoms with Gasteiger partial charge in [-0.15, -0.1) is 10.2 Å². The number of hydrogen-bond acceptors (Lipinski definition) is 5. The number of halogens is 2. The Kier molecular flexibility index (Phi) is 2.86. The van der Waals surface area contributed by atoms with Crippen molar-refractivity contribution in [1.29, 1.82) is 0 Å². The first-order valence-electron chi connectivity index (χ1n) is 5.94.